The second-order valence-corrected chi connectivity index (χ2v) is 5.18. The summed E-state index contributed by atoms with van der Waals surface area (Å²) in [5.74, 6) is 1.10. The molecule has 1 heterocycles. The van der Waals surface area contributed by atoms with E-state index in [9.17, 15) is 9.59 Å². The first kappa shape index (κ1) is 15.9. The predicted molar refractivity (Wildman–Crippen MR) is 82.5 cm³/mol. The molecule has 1 aromatic rings. The molecule has 0 aliphatic carbocycles. The van der Waals surface area contributed by atoms with Gasteiger partial charge in [-0.15, -0.1) is 0 Å². The van der Waals surface area contributed by atoms with Gasteiger partial charge < -0.3 is 20.1 Å². The molecule has 0 saturated carbocycles. The lowest BCUT2D eigenvalue weighted by Crippen LogP contribution is -2.35. The van der Waals surface area contributed by atoms with Gasteiger partial charge in [0.15, 0.2) is 11.5 Å². The van der Waals surface area contributed by atoms with Crippen molar-refractivity contribution < 1.29 is 19.1 Å². The largest absolute Gasteiger partial charge is 0.454 e. The van der Waals surface area contributed by atoms with Gasteiger partial charge in [-0.3, -0.25) is 9.59 Å². The summed E-state index contributed by atoms with van der Waals surface area (Å²) >= 11 is 0. The molecule has 0 radical (unpaired) electrons. The van der Waals surface area contributed by atoms with Gasteiger partial charge in [0, 0.05) is 25.1 Å². The molecule has 0 atom stereocenters. The van der Waals surface area contributed by atoms with Gasteiger partial charge in [-0.25, -0.2) is 0 Å². The van der Waals surface area contributed by atoms with E-state index in [0.717, 1.165) is 5.56 Å². The highest BCUT2D eigenvalue weighted by Gasteiger charge is 2.12. The van der Waals surface area contributed by atoms with E-state index < -0.39 is 0 Å². The number of nitrogens with one attached hydrogen (secondary N) is 2. The van der Waals surface area contributed by atoms with Crippen LogP contribution in [0.15, 0.2) is 24.3 Å². The van der Waals surface area contributed by atoms with Gasteiger partial charge in [-0.05, 0) is 23.8 Å². The molecule has 0 spiro atoms. The Morgan fingerprint density at radius 3 is 2.68 bits per heavy atom. The molecular weight excluding hydrogens is 284 g/mol. The van der Waals surface area contributed by atoms with Crippen LogP contribution in [0.4, 0.5) is 0 Å². The molecule has 0 unspecified atom stereocenters. The van der Waals surface area contributed by atoms with Gasteiger partial charge in [0.25, 0.3) is 0 Å². The van der Waals surface area contributed by atoms with E-state index in [1.807, 2.05) is 26.0 Å². The topological polar surface area (TPSA) is 76.7 Å². The van der Waals surface area contributed by atoms with Gasteiger partial charge in [0.2, 0.25) is 18.6 Å². The third-order valence-electron chi connectivity index (χ3n) is 3.07. The van der Waals surface area contributed by atoms with Crippen LogP contribution in [0, 0.1) is 5.92 Å². The fraction of sp³-hybridized carbons (Fsp3) is 0.375. The summed E-state index contributed by atoms with van der Waals surface area (Å²) in [6.45, 7) is 4.68. The fourth-order valence-corrected chi connectivity index (χ4v) is 1.82. The van der Waals surface area contributed by atoms with Crippen molar-refractivity contribution in [1.29, 1.82) is 0 Å². The zero-order valence-corrected chi connectivity index (χ0v) is 12.7. The molecule has 0 fully saturated rings. The van der Waals surface area contributed by atoms with Crippen LogP contribution in [0.5, 0.6) is 11.5 Å². The van der Waals surface area contributed by atoms with Crippen molar-refractivity contribution in [3.05, 3.63) is 29.8 Å². The van der Waals surface area contributed by atoms with Gasteiger partial charge in [-0.1, -0.05) is 19.9 Å². The van der Waals surface area contributed by atoms with Crippen LogP contribution in [0.25, 0.3) is 6.08 Å². The Labute approximate surface area is 129 Å². The average Bonchev–Trinajstić information content (AvgIpc) is 2.96. The van der Waals surface area contributed by atoms with Crippen molar-refractivity contribution in [2.24, 2.45) is 5.92 Å². The lowest BCUT2D eigenvalue weighted by atomic mass is 10.2. The molecule has 0 saturated heterocycles. The van der Waals surface area contributed by atoms with Crippen LogP contribution in [0.3, 0.4) is 0 Å². The molecule has 2 rings (SSSR count). The van der Waals surface area contributed by atoms with Crippen LogP contribution in [0.2, 0.25) is 0 Å². The second-order valence-electron chi connectivity index (χ2n) is 5.18. The molecule has 118 valence electrons. The van der Waals surface area contributed by atoms with Crippen molar-refractivity contribution in [3.8, 4) is 11.5 Å². The van der Waals surface area contributed by atoms with Crippen molar-refractivity contribution in [2.45, 2.75) is 13.8 Å². The van der Waals surface area contributed by atoms with Crippen molar-refractivity contribution in [2.75, 3.05) is 19.9 Å². The summed E-state index contributed by atoms with van der Waals surface area (Å²) in [7, 11) is 0. The van der Waals surface area contributed by atoms with Gasteiger partial charge >= 0.3 is 0 Å². The molecule has 1 aliphatic heterocycles. The Hall–Kier alpha value is -2.50. The number of benzene rings is 1. The maximum Gasteiger partial charge on any atom is 0.244 e. The number of ether oxygens (including phenoxy) is 2. The number of carbonyl (C=O) groups is 2. The molecule has 2 N–H and O–H groups in total. The van der Waals surface area contributed by atoms with E-state index in [2.05, 4.69) is 10.6 Å². The number of hydrogen-bond donors (Lipinski definition) is 2. The third kappa shape index (κ3) is 4.51. The first-order valence-electron chi connectivity index (χ1n) is 7.19. The fourth-order valence-electron chi connectivity index (χ4n) is 1.82. The third-order valence-corrected chi connectivity index (χ3v) is 3.07. The predicted octanol–water partition coefficient (Wildman–Crippen LogP) is 1.32. The minimum absolute atomic E-state index is 0.0230. The van der Waals surface area contributed by atoms with E-state index in [4.69, 9.17) is 9.47 Å². The molecule has 6 nitrogen and oxygen atoms in total. The van der Waals surface area contributed by atoms with Crippen LogP contribution < -0.4 is 20.1 Å². The molecule has 22 heavy (non-hydrogen) atoms. The number of hydrogen-bond acceptors (Lipinski definition) is 4. The first-order valence-corrected chi connectivity index (χ1v) is 7.19. The van der Waals surface area contributed by atoms with Crippen LogP contribution in [-0.4, -0.2) is 31.7 Å². The Kier molecular flexibility index (Phi) is 5.41. The Morgan fingerprint density at radius 1 is 1.18 bits per heavy atom. The van der Waals surface area contributed by atoms with Gasteiger partial charge in [0.05, 0.1) is 0 Å². The monoisotopic (exact) mass is 304 g/mol. The van der Waals surface area contributed by atoms with Crippen molar-refractivity contribution in [1.82, 2.24) is 10.6 Å². The smallest absolute Gasteiger partial charge is 0.244 e. The standard InChI is InChI=1S/C16H20N2O4/c1-11(2)16(20)18-8-7-17-15(19)6-4-12-3-5-13-14(9-12)22-10-21-13/h3-6,9,11H,7-8,10H2,1-2H3,(H,17,19)(H,18,20)/b6-4+. The molecule has 0 aromatic heterocycles. The number of fused-ring (bicyclic) bond motifs is 1. The lowest BCUT2D eigenvalue weighted by molar-refractivity contribution is -0.124. The first-order chi connectivity index (χ1) is 10.6. The molecule has 0 bridgehead atoms. The Balaban J connectivity index is 1.74. The molecule has 1 aromatic carbocycles. The van der Waals surface area contributed by atoms with E-state index in [1.165, 1.54) is 6.08 Å². The SMILES string of the molecule is CC(C)C(=O)NCCNC(=O)/C=C/c1ccc2c(c1)OCO2. The van der Waals surface area contributed by atoms with E-state index in [0.29, 0.717) is 24.6 Å². The maximum atomic E-state index is 11.7. The Morgan fingerprint density at radius 2 is 1.91 bits per heavy atom. The number of carbonyl (C=O) groups excluding carboxylic acids is 2. The quantitative estimate of drug-likeness (QED) is 0.614. The maximum absolute atomic E-state index is 11.7. The molecule has 1 aliphatic rings. The van der Waals surface area contributed by atoms with Crippen LogP contribution in [-0.2, 0) is 9.59 Å². The average molecular weight is 304 g/mol. The lowest BCUT2D eigenvalue weighted by Gasteiger charge is -2.07. The Bertz CT molecular complexity index is 582. The molecular formula is C16H20N2O4. The highest BCUT2D eigenvalue weighted by atomic mass is 16.7. The van der Waals surface area contributed by atoms with Gasteiger partial charge in [0.1, 0.15) is 0 Å². The van der Waals surface area contributed by atoms with Crippen LogP contribution >= 0.6 is 0 Å². The minimum Gasteiger partial charge on any atom is -0.454 e. The second kappa shape index (κ2) is 7.49. The minimum atomic E-state index is -0.212. The summed E-state index contributed by atoms with van der Waals surface area (Å²) in [4.78, 5) is 23.0. The highest BCUT2D eigenvalue weighted by Crippen LogP contribution is 2.32. The van der Waals surface area contributed by atoms with E-state index >= 15 is 0 Å². The summed E-state index contributed by atoms with van der Waals surface area (Å²) in [5.41, 5.74) is 0.854. The summed E-state index contributed by atoms with van der Waals surface area (Å²) in [6.07, 6.45) is 3.14. The summed E-state index contributed by atoms with van der Waals surface area (Å²) in [6, 6.07) is 5.47. The zero-order chi connectivity index (χ0) is 15.9. The van der Waals surface area contributed by atoms with Crippen molar-refractivity contribution >= 4 is 17.9 Å². The van der Waals surface area contributed by atoms with E-state index in [1.54, 1.807) is 12.1 Å². The number of rotatable bonds is 6. The summed E-state index contributed by atoms with van der Waals surface area (Å²) < 4.78 is 10.5. The molecule has 6 heteroatoms. The zero-order valence-electron chi connectivity index (χ0n) is 12.7. The number of amides is 2. The van der Waals surface area contributed by atoms with E-state index in [-0.39, 0.29) is 24.5 Å². The van der Waals surface area contributed by atoms with Gasteiger partial charge in [-0.2, -0.15) is 0 Å². The highest BCUT2D eigenvalue weighted by molar-refractivity contribution is 5.91. The normalized spacial score (nSPS) is 12.7. The van der Waals surface area contributed by atoms with Crippen molar-refractivity contribution in [3.63, 3.8) is 0 Å². The van der Waals surface area contributed by atoms with Crippen LogP contribution in [0.1, 0.15) is 19.4 Å². The molecule has 2 amide bonds. The summed E-state index contributed by atoms with van der Waals surface area (Å²) in [5, 5.41) is 5.43.